The Balaban J connectivity index is 2.18. The van der Waals surface area contributed by atoms with E-state index in [-0.39, 0.29) is 11.5 Å². The molecular formula is C12H18N2O2S. The third-order valence-electron chi connectivity index (χ3n) is 3.04. The first kappa shape index (κ1) is 12.4. The molecule has 5 heteroatoms. The predicted molar refractivity (Wildman–Crippen MR) is 70.1 cm³/mol. The van der Waals surface area contributed by atoms with Crippen molar-refractivity contribution in [1.29, 1.82) is 0 Å². The van der Waals surface area contributed by atoms with Gasteiger partial charge in [0.05, 0.1) is 11.5 Å². The summed E-state index contributed by atoms with van der Waals surface area (Å²) in [7, 11) is -0.892. The average molecular weight is 254 g/mol. The van der Waals surface area contributed by atoms with Crippen LogP contribution in [0.3, 0.4) is 0 Å². The summed E-state index contributed by atoms with van der Waals surface area (Å²) >= 11 is 0. The molecule has 1 aliphatic rings. The molecule has 1 aromatic carbocycles. The molecule has 1 saturated heterocycles. The van der Waals surface area contributed by atoms with E-state index in [1.807, 2.05) is 19.2 Å². The van der Waals surface area contributed by atoms with Crippen LogP contribution in [0.2, 0.25) is 0 Å². The molecule has 94 valence electrons. The fourth-order valence-electron chi connectivity index (χ4n) is 2.11. The number of nitrogens with zero attached hydrogens (tertiary/aromatic N) is 1. The van der Waals surface area contributed by atoms with E-state index in [0.717, 1.165) is 12.2 Å². The minimum Gasteiger partial charge on any atom is -0.369 e. The summed E-state index contributed by atoms with van der Waals surface area (Å²) in [5.41, 5.74) is 2.37. The lowest BCUT2D eigenvalue weighted by atomic mass is 10.1. The van der Waals surface area contributed by atoms with E-state index in [0.29, 0.717) is 13.1 Å². The maximum Gasteiger partial charge on any atom is 0.153 e. The van der Waals surface area contributed by atoms with Crippen LogP contribution in [0.4, 0.5) is 5.69 Å². The van der Waals surface area contributed by atoms with Crippen molar-refractivity contribution in [2.24, 2.45) is 0 Å². The first-order chi connectivity index (χ1) is 8.12. The van der Waals surface area contributed by atoms with Crippen molar-refractivity contribution in [2.75, 3.05) is 36.5 Å². The van der Waals surface area contributed by atoms with E-state index >= 15 is 0 Å². The number of rotatable bonds is 3. The smallest absolute Gasteiger partial charge is 0.153 e. The summed E-state index contributed by atoms with van der Waals surface area (Å²) in [6.07, 6.45) is 0. The molecule has 17 heavy (non-hydrogen) atoms. The van der Waals surface area contributed by atoms with Gasteiger partial charge in [0.1, 0.15) is 0 Å². The van der Waals surface area contributed by atoms with Crippen LogP contribution in [0.5, 0.6) is 0 Å². The molecule has 1 heterocycles. The standard InChI is InChI=1S/C12H18N2O2S/c1-13-10-11-4-2-3-5-12(11)14-6-8-17(15,16)9-7-14/h2-5,13H,6-10H2,1H3. The fourth-order valence-corrected chi connectivity index (χ4v) is 3.31. The minimum absolute atomic E-state index is 0.265. The topological polar surface area (TPSA) is 49.4 Å². The van der Waals surface area contributed by atoms with Crippen molar-refractivity contribution in [3.8, 4) is 0 Å². The lowest BCUT2D eigenvalue weighted by Crippen LogP contribution is -2.40. The van der Waals surface area contributed by atoms with Gasteiger partial charge < -0.3 is 10.2 Å². The molecule has 0 unspecified atom stereocenters. The Morgan fingerprint density at radius 1 is 1.24 bits per heavy atom. The van der Waals surface area contributed by atoms with E-state index in [1.165, 1.54) is 5.56 Å². The van der Waals surface area contributed by atoms with Crippen molar-refractivity contribution in [3.05, 3.63) is 29.8 Å². The number of sulfone groups is 1. The highest BCUT2D eigenvalue weighted by Gasteiger charge is 2.22. The Morgan fingerprint density at radius 2 is 1.88 bits per heavy atom. The molecule has 0 radical (unpaired) electrons. The summed E-state index contributed by atoms with van der Waals surface area (Å²) in [4.78, 5) is 2.16. The molecular weight excluding hydrogens is 236 g/mol. The first-order valence-electron chi connectivity index (χ1n) is 5.80. The summed E-state index contributed by atoms with van der Waals surface area (Å²) in [5.74, 6) is 0.530. The Hall–Kier alpha value is -1.07. The molecule has 0 saturated carbocycles. The molecule has 0 bridgehead atoms. The van der Waals surface area contributed by atoms with Gasteiger partial charge in [-0.2, -0.15) is 0 Å². The zero-order valence-corrected chi connectivity index (χ0v) is 10.8. The van der Waals surface area contributed by atoms with E-state index in [4.69, 9.17) is 0 Å². The highest BCUT2D eigenvalue weighted by molar-refractivity contribution is 7.91. The maximum absolute atomic E-state index is 11.4. The van der Waals surface area contributed by atoms with Crippen LogP contribution in [0.1, 0.15) is 5.56 Å². The van der Waals surface area contributed by atoms with E-state index in [2.05, 4.69) is 22.3 Å². The van der Waals surface area contributed by atoms with Gasteiger partial charge in [-0.3, -0.25) is 0 Å². The summed E-state index contributed by atoms with van der Waals surface area (Å²) in [5, 5.41) is 3.13. The SMILES string of the molecule is CNCc1ccccc1N1CCS(=O)(=O)CC1. The number of hydrogen-bond donors (Lipinski definition) is 1. The Labute approximate surface area is 103 Å². The Morgan fingerprint density at radius 3 is 2.53 bits per heavy atom. The summed E-state index contributed by atoms with van der Waals surface area (Å²) < 4.78 is 22.8. The second kappa shape index (κ2) is 5.06. The van der Waals surface area contributed by atoms with Gasteiger partial charge in [0.25, 0.3) is 0 Å². The lowest BCUT2D eigenvalue weighted by Gasteiger charge is -2.30. The molecule has 0 aliphatic carbocycles. The highest BCUT2D eigenvalue weighted by Crippen LogP contribution is 2.22. The monoisotopic (exact) mass is 254 g/mol. The molecule has 1 N–H and O–H groups in total. The van der Waals surface area contributed by atoms with Gasteiger partial charge >= 0.3 is 0 Å². The molecule has 0 spiro atoms. The van der Waals surface area contributed by atoms with Crippen LogP contribution in [-0.2, 0) is 16.4 Å². The number of nitrogens with one attached hydrogen (secondary N) is 1. The Bertz CT molecular complexity index is 471. The second-order valence-electron chi connectivity index (χ2n) is 4.30. The Kier molecular flexibility index (Phi) is 3.69. The zero-order valence-electron chi connectivity index (χ0n) is 10.0. The highest BCUT2D eigenvalue weighted by atomic mass is 32.2. The lowest BCUT2D eigenvalue weighted by molar-refractivity contribution is 0.586. The van der Waals surface area contributed by atoms with E-state index in [9.17, 15) is 8.42 Å². The van der Waals surface area contributed by atoms with Crippen molar-refractivity contribution in [2.45, 2.75) is 6.54 Å². The zero-order chi connectivity index (χ0) is 12.3. The van der Waals surface area contributed by atoms with Crippen molar-refractivity contribution in [1.82, 2.24) is 5.32 Å². The molecule has 0 atom stereocenters. The maximum atomic E-state index is 11.4. The van der Waals surface area contributed by atoms with Gasteiger partial charge in [-0.05, 0) is 18.7 Å². The van der Waals surface area contributed by atoms with Gasteiger partial charge in [-0.25, -0.2) is 8.42 Å². The van der Waals surface area contributed by atoms with Crippen molar-refractivity contribution < 1.29 is 8.42 Å². The molecule has 2 rings (SSSR count). The van der Waals surface area contributed by atoms with E-state index in [1.54, 1.807) is 0 Å². The molecule has 0 aromatic heterocycles. The fraction of sp³-hybridized carbons (Fsp3) is 0.500. The van der Waals surface area contributed by atoms with Crippen LogP contribution < -0.4 is 10.2 Å². The second-order valence-corrected chi connectivity index (χ2v) is 6.60. The molecule has 4 nitrogen and oxygen atoms in total. The third kappa shape index (κ3) is 2.98. The summed E-state index contributed by atoms with van der Waals surface area (Å²) in [6, 6.07) is 8.15. The predicted octanol–water partition coefficient (Wildman–Crippen LogP) is 0.641. The van der Waals surface area contributed by atoms with Crippen LogP contribution in [0, 0.1) is 0 Å². The number of para-hydroxylation sites is 1. The average Bonchev–Trinajstić information content (AvgIpc) is 2.31. The number of anilines is 1. The number of benzene rings is 1. The summed E-state index contributed by atoms with van der Waals surface area (Å²) in [6.45, 7) is 2.01. The molecule has 1 aromatic rings. The number of hydrogen-bond acceptors (Lipinski definition) is 4. The quantitative estimate of drug-likeness (QED) is 0.860. The van der Waals surface area contributed by atoms with Crippen LogP contribution in [0.15, 0.2) is 24.3 Å². The van der Waals surface area contributed by atoms with Crippen molar-refractivity contribution in [3.63, 3.8) is 0 Å². The van der Waals surface area contributed by atoms with Gasteiger partial charge in [0.2, 0.25) is 0 Å². The molecule has 1 aliphatic heterocycles. The van der Waals surface area contributed by atoms with Gasteiger partial charge in [0.15, 0.2) is 9.84 Å². The molecule has 1 fully saturated rings. The van der Waals surface area contributed by atoms with Crippen LogP contribution in [0.25, 0.3) is 0 Å². The molecule has 0 amide bonds. The van der Waals surface area contributed by atoms with Gasteiger partial charge in [-0.15, -0.1) is 0 Å². The van der Waals surface area contributed by atoms with Crippen molar-refractivity contribution >= 4 is 15.5 Å². The van der Waals surface area contributed by atoms with Crippen LogP contribution in [-0.4, -0.2) is 40.1 Å². The van der Waals surface area contributed by atoms with E-state index < -0.39 is 9.84 Å². The first-order valence-corrected chi connectivity index (χ1v) is 7.62. The van der Waals surface area contributed by atoms with Gasteiger partial charge in [-0.1, -0.05) is 18.2 Å². The van der Waals surface area contributed by atoms with Gasteiger partial charge in [0, 0.05) is 25.3 Å². The van der Waals surface area contributed by atoms with Crippen LogP contribution >= 0.6 is 0 Å². The normalized spacial score (nSPS) is 19.2. The largest absolute Gasteiger partial charge is 0.369 e. The minimum atomic E-state index is -2.81. The third-order valence-corrected chi connectivity index (χ3v) is 4.65.